The molecule has 0 aromatic heterocycles. The number of nitrogens with zero attached hydrogens (tertiary/aromatic N) is 1. The number of methoxy groups -OCH3 is 1. The van der Waals surface area contributed by atoms with Gasteiger partial charge in [0.2, 0.25) is 0 Å². The summed E-state index contributed by atoms with van der Waals surface area (Å²) in [5.41, 5.74) is 0. The number of ether oxygens (including phenoxy) is 1. The second-order valence-corrected chi connectivity index (χ2v) is 3.07. The molecule has 0 unspecified atom stereocenters. The van der Waals surface area contributed by atoms with Gasteiger partial charge in [-0.3, -0.25) is 0 Å². The standard InChI is InChI=1S/C8H17NO2.C2H6/c1-11-7-6-9-4-2-8(10)3-5-9;1-2/h8,10H,2-7H2,1H3;1-2H3. The van der Waals surface area contributed by atoms with Crippen LogP contribution in [0, 0.1) is 0 Å². The number of hydrogen-bond donors (Lipinski definition) is 1. The van der Waals surface area contributed by atoms with Crippen molar-refractivity contribution in [3.8, 4) is 0 Å². The first kappa shape index (κ1) is 12.9. The maximum absolute atomic E-state index is 9.19. The van der Waals surface area contributed by atoms with E-state index in [1.165, 1.54) is 0 Å². The van der Waals surface area contributed by atoms with Crippen LogP contribution in [0.25, 0.3) is 0 Å². The summed E-state index contributed by atoms with van der Waals surface area (Å²) in [6.45, 7) is 7.84. The fourth-order valence-electron chi connectivity index (χ4n) is 1.36. The number of rotatable bonds is 3. The first-order valence-electron chi connectivity index (χ1n) is 5.22. The van der Waals surface area contributed by atoms with Crippen molar-refractivity contribution in [1.82, 2.24) is 4.90 Å². The molecular formula is C10H23NO2. The summed E-state index contributed by atoms with van der Waals surface area (Å²) in [4.78, 5) is 2.33. The molecule has 13 heavy (non-hydrogen) atoms. The van der Waals surface area contributed by atoms with Crippen molar-refractivity contribution in [3.05, 3.63) is 0 Å². The van der Waals surface area contributed by atoms with Crippen molar-refractivity contribution in [1.29, 1.82) is 0 Å². The van der Waals surface area contributed by atoms with Gasteiger partial charge < -0.3 is 14.7 Å². The summed E-state index contributed by atoms with van der Waals surface area (Å²) in [5, 5.41) is 9.19. The minimum atomic E-state index is -0.0613. The Kier molecular flexibility index (Phi) is 8.40. The molecule has 1 fully saturated rings. The zero-order valence-corrected chi connectivity index (χ0v) is 9.12. The lowest BCUT2D eigenvalue weighted by atomic mass is 10.1. The van der Waals surface area contributed by atoms with E-state index in [1.807, 2.05) is 13.8 Å². The molecule has 80 valence electrons. The fourth-order valence-corrected chi connectivity index (χ4v) is 1.36. The van der Waals surface area contributed by atoms with Crippen LogP contribution in [0.4, 0.5) is 0 Å². The van der Waals surface area contributed by atoms with Crippen LogP contribution in [0.5, 0.6) is 0 Å². The average Bonchev–Trinajstić information content (AvgIpc) is 2.20. The van der Waals surface area contributed by atoms with E-state index in [-0.39, 0.29) is 6.10 Å². The first-order valence-corrected chi connectivity index (χ1v) is 5.22. The summed E-state index contributed by atoms with van der Waals surface area (Å²) in [5.74, 6) is 0. The topological polar surface area (TPSA) is 32.7 Å². The van der Waals surface area contributed by atoms with Crippen LogP contribution < -0.4 is 0 Å². The third-order valence-corrected chi connectivity index (χ3v) is 2.17. The normalized spacial score (nSPS) is 19.4. The van der Waals surface area contributed by atoms with E-state index in [0.29, 0.717) is 0 Å². The Labute approximate surface area is 81.7 Å². The van der Waals surface area contributed by atoms with Gasteiger partial charge in [0.1, 0.15) is 0 Å². The lowest BCUT2D eigenvalue weighted by Crippen LogP contribution is -2.37. The second kappa shape index (κ2) is 8.48. The number of likely N-dealkylation sites (tertiary alicyclic amines) is 1. The smallest absolute Gasteiger partial charge is 0.0589 e. The van der Waals surface area contributed by atoms with Gasteiger partial charge in [-0.05, 0) is 12.8 Å². The minimum Gasteiger partial charge on any atom is -0.393 e. The van der Waals surface area contributed by atoms with Crippen LogP contribution in [0.2, 0.25) is 0 Å². The van der Waals surface area contributed by atoms with Gasteiger partial charge in [0, 0.05) is 26.7 Å². The number of hydrogen-bond acceptors (Lipinski definition) is 3. The lowest BCUT2D eigenvalue weighted by Gasteiger charge is -2.28. The molecule has 1 saturated heterocycles. The molecule has 3 nitrogen and oxygen atoms in total. The molecule has 3 heteroatoms. The zero-order chi connectivity index (χ0) is 10.1. The minimum absolute atomic E-state index is 0.0613. The molecule has 0 aliphatic carbocycles. The third kappa shape index (κ3) is 6.02. The average molecular weight is 189 g/mol. The molecule has 0 aromatic carbocycles. The third-order valence-electron chi connectivity index (χ3n) is 2.17. The lowest BCUT2D eigenvalue weighted by molar-refractivity contribution is 0.0666. The zero-order valence-electron chi connectivity index (χ0n) is 9.12. The van der Waals surface area contributed by atoms with Crippen LogP contribution in [0.15, 0.2) is 0 Å². The SMILES string of the molecule is CC.COCCN1CCC(O)CC1. The Hall–Kier alpha value is -0.120. The van der Waals surface area contributed by atoms with Gasteiger partial charge in [0.25, 0.3) is 0 Å². The van der Waals surface area contributed by atoms with Crippen molar-refractivity contribution < 1.29 is 9.84 Å². The Bertz CT molecular complexity index is 98.3. The maximum Gasteiger partial charge on any atom is 0.0589 e. The molecule has 0 radical (unpaired) electrons. The summed E-state index contributed by atoms with van der Waals surface area (Å²) in [6, 6.07) is 0. The van der Waals surface area contributed by atoms with Gasteiger partial charge in [-0.2, -0.15) is 0 Å². The van der Waals surface area contributed by atoms with Crippen LogP contribution in [0.3, 0.4) is 0 Å². The summed E-state index contributed by atoms with van der Waals surface area (Å²) in [6.07, 6.45) is 1.78. The van der Waals surface area contributed by atoms with Gasteiger partial charge in [-0.25, -0.2) is 0 Å². The molecular weight excluding hydrogens is 166 g/mol. The van der Waals surface area contributed by atoms with Gasteiger partial charge >= 0.3 is 0 Å². The monoisotopic (exact) mass is 189 g/mol. The van der Waals surface area contributed by atoms with Crippen LogP contribution in [-0.2, 0) is 4.74 Å². The van der Waals surface area contributed by atoms with E-state index in [2.05, 4.69) is 4.90 Å². The predicted octanol–water partition coefficient (Wildman–Crippen LogP) is 1.12. The molecule has 1 N–H and O–H groups in total. The molecule has 1 heterocycles. The van der Waals surface area contributed by atoms with E-state index >= 15 is 0 Å². The number of piperidine rings is 1. The van der Waals surface area contributed by atoms with E-state index in [1.54, 1.807) is 7.11 Å². The van der Waals surface area contributed by atoms with Gasteiger partial charge in [0.15, 0.2) is 0 Å². The summed E-state index contributed by atoms with van der Waals surface area (Å²) >= 11 is 0. The Morgan fingerprint density at radius 2 is 1.85 bits per heavy atom. The van der Waals surface area contributed by atoms with Gasteiger partial charge in [-0.1, -0.05) is 13.8 Å². The predicted molar refractivity (Wildman–Crippen MR) is 54.9 cm³/mol. The largest absolute Gasteiger partial charge is 0.393 e. The maximum atomic E-state index is 9.19. The van der Waals surface area contributed by atoms with Crippen LogP contribution >= 0.6 is 0 Å². The van der Waals surface area contributed by atoms with Crippen molar-refractivity contribution in [2.45, 2.75) is 32.8 Å². The highest BCUT2D eigenvalue weighted by atomic mass is 16.5. The highest BCUT2D eigenvalue weighted by Crippen LogP contribution is 2.08. The molecule has 1 aliphatic heterocycles. The van der Waals surface area contributed by atoms with Gasteiger partial charge in [-0.15, -0.1) is 0 Å². The molecule has 0 saturated carbocycles. The first-order chi connectivity index (χ1) is 6.33. The molecule has 1 rings (SSSR count). The fraction of sp³-hybridized carbons (Fsp3) is 1.00. The van der Waals surface area contributed by atoms with Crippen LogP contribution in [-0.4, -0.2) is 49.5 Å². The van der Waals surface area contributed by atoms with Crippen molar-refractivity contribution in [2.75, 3.05) is 33.4 Å². The summed E-state index contributed by atoms with van der Waals surface area (Å²) < 4.78 is 4.97. The summed E-state index contributed by atoms with van der Waals surface area (Å²) in [7, 11) is 1.72. The number of aliphatic hydroxyl groups is 1. The van der Waals surface area contributed by atoms with Gasteiger partial charge in [0.05, 0.1) is 12.7 Å². The Morgan fingerprint density at radius 1 is 1.31 bits per heavy atom. The quantitative estimate of drug-likeness (QED) is 0.722. The van der Waals surface area contributed by atoms with Crippen molar-refractivity contribution in [2.24, 2.45) is 0 Å². The number of aliphatic hydroxyl groups excluding tert-OH is 1. The van der Waals surface area contributed by atoms with E-state index in [0.717, 1.165) is 39.1 Å². The molecule has 1 aliphatic rings. The molecule has 0 spiro atoms. The highest BCUT2D eigenvalue weighted by Gasteiger charge is 2.15. The molecule has 0 amide bonds. The molecule has 0 atom stereocenters. The Balaban J connectivity index is 0.000000671. The molecule has 0 aromatic rings. The second-order valence-electron chi connectivity index (χ2n) is 3.07. The molecule has 0 bridgehead atoms. The Morgan fingerprint density at radius 3 is 2.31 bits per heavy atom. The van der Waals surface area contributed by atoms with E-state index < -0.39 is 0 Å². The van der Waals surface area contributed by atoms with E-state index in [4.69, 9.17) is 4.74 Å². The van der Waals surface area contributed by atoms with Crippen molar-refractivity contribution in [3.63, 3.8) is 0 Å². The van der Waals surface area contributed by atoms with Crippen LogP contribution in [0.1, 0.15) is 26.7 Å². The van der Waals surface area contributed by atoms with E-state index in [9.17, 15) is 5.11 Å². The van der Waals surface area contributed by atoms with Crippen molar-refractivity contribution >= 4 is 0 Å². The highest BCUT2D eigenvalue weighted by molar-refractivity contribution is 4.70.